The second-order valence-corrected chi connectivity index (χ2v) is 8.75. The molecule has 2 saturated heterocycles. The molecule has 2 aromatic heterocycles. The first-order chi connectivity index (χ1) is 13.4. The number of carbonyl (C=O) groups is 2. The number of anilines is 1. The maximum atomic E-state index is 13.2. The molecule has 0 aliphatic carbocycles. The number of nitrogens with zero attached hydrogens (tertiary/aromatic N) is 3. The highest BCUT2D eigenvalue weighted by Crippen LogP contribution is 2.52. The number of nitrogens with two attached hydrogens (primary N) is 1. The molecule has 4 rings (SSSR count). The zero-order valence-electron chi connectivity index (χ0n) is 16.1. The van der Waals surface area contributed by atoms with E-state index in [1.54, 1.807) is 23.5 Å². The van der Waals surface area contributed by atoms with Crippen LogP contribution in [0.4, 0.5) is 5.82 Å². The van der Waals surface area contributed by atoms with Gasteiger partial charge in [0.2, 0.25) is 5.91 Å². The smallest absolute Gasteiger partial charge is 0.255 e. The van der Waals surface area contributed by atoms with Crippen molar-refractivity contribution in [2.75, 3.05) is 5.73 Å². The van der Waals surface area contributed by atoms with Gasteiger partial charge in [0.15, 0.2) is 0 Å². The van der Waals surface area contributed by atoms with Gasteiger partial charge in [-0.2, -0.15) is 0 Å². The topological polar surface area (TPSA) is 101 Å². The second kappa shape index (κ2) is 7.16. The predicted octanol–water partition coefficient (Wildman–Crippen LogP) is 2.52. The summed E-state index contributed by atoms with van der Waals surface area (Å²) in [5.41, 5.74) is 6.51. The molecule has 0 saturated carbocycles. The normalized spacial score (nSPS) is 25.9. The fourth-order valence-corrected chi connectivity index (χ4v) is 5.40. The number of nitrogen functional groups attached to an aromatic ring is 1. The van der Waals surface area contributed by atoms with Crippen LogP contribution in [0, 0.1) is 12.3 Å². The summed E-state index contributed by atoms with van der Waals surface area (Å²) in [6, 6.07) is 3.37. The summed E-state index contributed by atoms with van der Waals surface area (Å²) in [4.78, 5) is 36.7. The molecule has 2 aliphatic rings. The maximum absolute atomic E-state index is 13.2. The number of aryl methyl sites for hydroxylation is 1. The van der Waals surface area contributed by atoms with Crippen LogP contribution in [0.25, 0.3) is 0 Å². The first-order valence-electron chi connectivity index (χ1n) is 9.68. The number of hydrogen-bond donors (Lipinski definition) is 2. The molecule has 0 unspecified atom stereocenters. The first kappa shape index (κ1) is 18.9. The van der Waals surface area contributed by atoms with Crippen LogP contribution in [0.5, 0.6) is 0 Å². The van der Waals surface area contributed by atoms with E-state index in [9.17, 15) is 9.59 Å². The number of aromatic nitrogens is 2. The molecule has 2 aromatic rings. The lowest BCUT2D eigenvalue weighted by Crippen LogP contribution is -2.49. The molecule has 0 radical (unpaired) electrons. The largest absolute Gasteiger partial charge is 0.384 e. The summed E-state index contributed by atoms with van der Waals surface area (Å²) in [5.74, 6) is 0.361. The van der Waals surface area contributed by atoms with Crippen molar-refractivity contribution in [2.45, 2.75) is 58.2 Å². The first-order valence-corrected chi connectivity index (χ1v) is 10.6. The van der Waals surface area contributed by atoms with Crippen LogP contribution in [0.2, 0.25) is 0 Å². The van der Waals surface area contributed by atoms with Gasteiger partial charge in [0.05, 0.1) is 28.2 Å². The lowest BCUT2D eigenvalue weighted by atomic mass is 9.71. The van der Waals surface area contributed by atoms with Crippen molar-refractivity contribution in [1.82, 2.24) is 20.2 Å². The van der Waals surface area contributed by atoms with Crippen molar-refractivity contribution in [2.24, 2.45) is 5.41 Å². The third-order valence-corrected chi connectivity index (χ3v) is 7.01. The van der Waals surface area contributed by atoms with Crippen LogP contribution in [-0.2, 0) is 11.3 Å². The zero-order valence-corrected chi connectivity index (χ0v) is 17.0. The van der Waals surface area contributed by atoms with Crippen molar-refractivity contribution < 1.29 is 9.59 Å². The van der Waals surface area contributed by atoms with Crippen molar-refractivity contribution in [3.05, 3.63) is 40.0 Å². The highest BCUT2D eigenvalue weighted by Gasteiger charge is 2.60. The Morgan fingerprint density at radius 3 is 2.86 bits per heavy atom. The summed E-state index contributed by atoms with van der Waals surface area (Å²) in [5, 5.41) is 6.04. The van der Waals surface area contributed by atoms with E-state index in [2.05, 4.69) is 15.3 Å². The molecule has 3 N–H and O–H groups in total. The molecule has 2 bridgehead atoms. The summed E-state index contributed by atoms with van der Waals surface area (Å²) >= 11 is 1.58. The van der Waals surface area contributed by atoms with Crippen LogP contribution in [0.3, 0.4) is 0 Å². The Kier molecular flexibility index (Phi) is 4.82. The molecule has 0 spiro atoms. The number of amides is 2. The highest BCUT2D eigenvalue weighted by atomic mass is 32.1. The fourth-order valence-electron chi connectivity index (χ4n) is 4.79. The van der Waals surface area contributed by atoms with Gasteiger partial charge in [-0.1, -0.05) is 6.92 Å². The van der Waals surface area contributed by atoms with Crippen LogP contribution < -0.4 is 11.1 Å². The average Bonchev–Trinajstić information content (AvgIpc) is 3.39. The monoisotopic (exact) mass is 399 g/mol. The minimum atomic E-state index is -0.537. The Labute approximate surface area is 168 Å². The minimum Gasteiger partial charge on any atom is -0.384 e. The van der Waals surface area contributed by atoms with E-state index in [0.29, 0.717) is 30.8 Å². The fraction of sp³-hybridized carbons (Fsp3) is 0.500. The highest BCUT2D eigenvalue weighted by molar-refractivity contribution is 7.09. The van der Waals surface area contributed by atoms with Gasteiger partial charge in [-0.05, 0) is 44.7 Å². The van der Waals surface area contributed by atoms with Crippen molar-refractivity contribution in [1.29, 1.82) is 0 Å². The molecular formula is C20H25N5O2S. The zero-order chi connectivity index (χ0) is 19.9. The summed E-state index contributed by atoms with van der Waals surface area (Å²) in [7, 11) is 0. The number of carbonyl (C=O) groups excluding carboxylic acids is 2. The lowest BCUT2D eigenvalue weighted by molar-refractivity contribution is -0.133. The van der Waals surface area contributed by atoms with E-state index in [1.165, 1.54) is 6.20 Å². The Hall–Kier alpha value is -2.48. The van der Waals surface area contributed by atoms with E-state index in [4.69, 9.17) is 5.73 Å². The molecule has 3 atom stereocenters. The standard InChI is InChI=1S/C20H25N5O2S/c1-3-20(19(27)23-10-14-11-28-12(2)24-14)8-15-5-6-16(20)25(15)18(26)13-4-7-17(21)22-9-13/h4,7,9,11,15-16H,3,5-6,8,10H2,1-2H3,(H2,21,22)(H,23,27)/t15-,16+,20+/m1/s1. The minimum absolute atomic E-state index is 0.0288. The van der Waals surface area contributed by atoms with E-state index in [0.717, 1.165) is 23.5 Å². The van der Waals surface area contributed by atoms with Gasteiger partial charge in [0.1, 0.15) is 5.82 Å². The van der Waals surface area contributed by atoms with Crippen molar-refractivity contribution in [3.8, 4) is 0 Å². The third-order valence-electron chi connectivity index (χ3n) is 6.19. The number of rotatable bonds is 5. The molecule has 2 fully saturated rings. The number of pyridine rings is 1. The Bertz CT molecular complexity index is 896. The predicted molar refractivity (Wildman–Crippen MR) is 108 cm³/mol. The molecule has 7 nitrogen and oxygen atoms in total. The SMILES string of the molecule is CC[C@]1(C(=O)NCc2csc(C)n2)C[C@H]2CC[C@@H]1N2C(=O)c1ccc(N)nc1. The van der Waals surface area contributed by atoms with E-state index in [-0.39, 0.29) is 23.9 Å². The van der Waals surface area contributed by atoms with Gasteiger partial charge >= 0.3 is 0 Å². The van der Waals surface area contributed by atoms with E-state index in [1.807, 2.05) is 24.1 Å². The molecule has 2 amide bonds. The molecule has 8 heteroatoms. The Morgan fingerprint density at radius 2 is 2.21 bits per heavy atom. The quantitative estimate of drug-likeness (QED) is 0.804. The van der Waals surface area contributed by atoms with Crippen LogP contribution >= 0.6 is 11.3 Å². The maximum Gasteiger partial charge on any atom is 0.255 e. The molecular weight excluding hydrogens is 374 g/mol. The number of fused-ring (bicyclic) bond motifs is 2. The summed E-state index contributed by atoms with van der Waals surface area (Å²) in [6.45, 7) is 4.42. The summed E-state index contributed by atoms with van der Waals surface area (Å²) in [6.07, 6.45) is 4.74. The van der Waals surface area contributed by atoms with Crippen molar-refractivity contribution >= 4 is 29.0 Å². The Morgan fingerprint density at radius 1 is 1.39 bits per heavy atom. The van der Waals surface area contributed by atoms with Gasteiger partial charge in [0.25, 0.3) is 5.91 Å². The molecule has 4 heterocycles. The number of nitrogens with one attached hydrogen (secondary N) is 1. The van der Waals surface area contributed by atoms with Gasteiger partial charge in [-0.3, -0.25) is 9.59 Å². The van der Waals surface area contributed by atoms with Gasteiger partial charge in [-0.25, -0.2) is 9.97 Å². The second-order valence-electron chi connectivity index (χ2n) is 7.69. The lowest BCUT2D eigenvalue weighted by Gasteiger charge is -2.35. The van der Waals surface area contributed by atoms with E-state index >= 15 is 0 Å². The van der Waals surface area contributed by atoms with Gasteiger partial charge in [0, 0.05) is 23.7 Å². The molecule has 148 valence electrons. The molecule has 2 aliphatic heterocycles. The van der Waals surface area contributed by atoms with Crippen LogP contribution in [0.1, 0.15) is 53.7 Å². The molecule has 0 aromatic carbocycles. The molecule has 28 heavy (non-hydrogen) atoms. The van der Waals surface area contributed by atoms with Gasteiger partial charge < -0.3 is 16.0 Å². The third kappa shape index (κ3) is 3.05. The average molecular weight is 400 g/mol. The van der Waals surface area contributed by atoms with Crippen molar-refractivity contribution in [3.63, 3.8) is 0 Å². The summed E-state index contributed by atoms with van der Waals surface area (Å²) < 4.78 is 0. The Balaban J connectivity index is 1.53. The van der Waals surface area contributed by atoms with Crippen LogP contribution in [-0.4, -0.2) is 38.8 Å². The van der Waals surface area contributed by atoms with E-state index < -0.39 is 5.41 Å². The number of hydrogen-bond acceptors (Lipinski definition) is 6. The number of thiazole rings is 1. The van der Waals surface area contributed by atoms with Crippen LogP contribution in [0.15, 0.2) is 23.7 Å². The van der Waals surface area contributed by atoms with Gasteiger partial charge in [-0.15, -0.1) is 11.3 Å².